The first kappa shape index (κ1) is 27.2. The summed E-state index contributed by atoms with van der Waals surface area (Å²) in [5.74, 6) is -0.475. The number of carbonyl (C=O) groups is 1. The fraction of sp³-hybridized carbons (Fsp3) is 0.167. The summed E-state index contributed by atoms with van der Waals surface area (Å²) >= 11 is 12.3. The Morgan fingerprint density at radius 3 is 1.92 bits per heavy atom. The topological polar surface area (TPSA) is 81.5 Å². The van der Waals surface area contributed by atoms with Gasteiger partial charge in [0.05, 0.1) is 12.0 Å². The molecule has 0 fully saturated rings. The minimum atomic E-state index is -1.44. The van der Waals surface area contributed by atoms with E-state index in [1.807, 2.05) is 37.3 Å². The van der Waals surface area contributed by atoms with Crippen molar-refractivity contribution in [2.24, 2.45) is 0 Å². The Kier molecular flexibility index (Phi) is 8.35. The Balaban J connectivity index is 1.89. The molecule has 4 aromatic carbocycles. The number of hydrogen-bond acceptors (Lipinski definition) is 5. The Morgan fingerprint density at radius 2 is 1.42 bits per heavy atom. The third kappa shape index (κ3) is 5.37. The minimum Gasteiger partial charge on any atom is -0.468 e. The summed E-state index contributed by atoms with van der Waals surface area (Å²) < 4.78 is 5.35. The molecule has 0 saturated carbocycles. The number of nitrogens with one attached hydrogen (secondary N) is 1. The maximum atomic E-state index is 13.7. The predicted molar refractivity (Wildman–Crippen MR) is 151 cm³/mol. The molecule has 8 heteroatoms. The zero-order valence-corrected chi connectivity index (χ0v) is 22.4. The lowest BCUT2D eigenvalue weighted by atomic mass is 9.69. The highest BCUT2D eigenvalue weighted by Crippen LogP contribution is 2.43. The number of carbonyl (C=O) groups excluding carboxylic acids is 1. The number of esters is 1. The van der Waals surface area contributed by atoms with E-state index in [2.05, 4.69) is 5.32 Å². The predicted octanol–water partition coefficient (Wildman–Crippen LogP) is 7.62. The van der Waals surface area contributed by atoms with Crippen LogP contribution < -0.4 is 5.32 Å². The molecule has 0 amide bonds. The lowest BCUT2D eigenvalue weighted by Gasteiger charge is -2.33. The molecule has 0 aliphatic carbocycles. The van der Waals surface area contributed by atoms with Gasteiger partial charge in [-0.25, -0.2) is 0 Å². The molecule has 1 atom stereocenters. The number of nitro groups is 1. The summed E-state index contributed by atoms with van der Waals surface area (Å²) in [6.45, 7) is 2.49. The lowest BCUT2D eigenvalue weighted by Crippen LogP contribution is -2.39. The zero-order chi connectivity index (χ0) is 27.3. The molecule has 1 unspecified atom stereocenters. The third-order valence-corrected chi connectivity index (χ3v) is 7.14. The minimum absolute atomic E-state index is 0.0809. The summed E-state index contributed by atoms with van der Waals surface area (Å²) in [6.07, 6.45) is 0. The van der Waals surface area contributed by atoms with Gasteiger partial charge in [-0.1, -0.05) is 90.8 Å². The van der Waals surface area contributed by atoms with Crippen molar-refractivity contribution in [3.05, 3.63) is 139 Å². The SMILES string of the molecule is COC(=O)C(c1ccc(Cl)cc1)(c1ccc(Cl)cc1)c1ccc([N+](=O)[O-])c(NCC(C)c2ccccc2)c1. The van der Waals surface area contributed by atoms with E-state index in [0.717, 1.165) is 5.56 Å². The van der Waals surface area contributed by atoms with Gasteiger partial charge >= 0.3 is 5.97 Å². The Bertz CT molecular complexity index is 1380. The van der Waals surface area contributed by atoms with Gasteiger partial charge in [0.1, 0.15) is 11.1 Å². The van der Waals surface area contributed by atoms with Crippen molar-refractivity contribution >= 4 is 40.5 Å². The van der Waals surface area contributed by atoms with Crippen LogP contribution in [0.3, 0.4) is 0 Å². The molecule has 4 aromatic rings. The fourth-order valence-electron chi connectivity index (χ4n) is 4.64. The van der Waals surface area contributed by atoms with Gasteiger partial charge in [0.25, 0.3) is 5.69 Å². The van der Waals surface area contributed by atoms with E-state index in [1.165, 1.54) is 13.2 Å². The Labute approximate surface area is 231 Å². The van der Waals surface area contributed by atoms with Crippen molar-refractivity contribution in [3.8, 4) is 0 Å². The van der Waals surface area contributed by atoms with Gasteiger partial charge in [0, 0.05) is 22.7 Å². The van der Waals surface area contributed by atoms with Crippen LogP contribution in [0, 0.1) is 10.1 Å². The Morgan fingerprint density at radius 1 is 0.895 bits per heavy atom. The van der Waals surface area contributed by atoms with Crippen molar-refractivity contribution in [2.45, 2.75) is 18.3 Å². The van der Waals surface area contributed by atoms with E-state index in [1.54, 1.807) is 60.7 Å². The molecule has 0 radical (unpaired) electrons. The number of ether oxygens (including phenoxy) is 1. The molecule has 38 heavy (non-hydrogen) atoms. The molecule has 0 saturated heterocycles. The molecule has 0 heterocycles. The van der Waals surface area contributed by atoms with Crippen molar-refractivity contribution < 1.29 is 14.5 Å². The first-order chi connectivity index (χ1) is 18.3. The normalized spacial score (nSPS) is 12.0. The van der Waals surface area contributed by atoms with E-state index in [0.29, 0.717) is 39.0 Å². The van der Waals surface area contributed by atoms with E-state index >= 15 is 0 Å². The van der Waals surface area contributed by atoms with Crippen LogP contribution in [-0.4, -0.2) is 24.5 Å². The molecule has 0 bridgehead atoms. The zero-order valence-electron chi connectivity index (χ0n) is 20.9. The van der Waals surface area contributed by atoms with E-state index in [9.17, 15) is 14.9 Å². The molecular weight excluding hydrogens is 523 g/mol. The molecule has 4 rings (SSSR count). The second-order valence-electron chi connectivity index (χ2n) is 8.94. The molecule has 0 spiro atoms. The molecule has 0 aliphatic rings. The monoisotopic (exact) mass is 548 g/mol. The number of benzene rings is 4. The van der Waals surface area contributed by atoms with Gasteiger partial charge in [0.15, 0.2) is 0 Å². The Hall–Kier alpha value is -3.87. The highest BCUT2D eigenvalue weighted by Gasteiger charge is 2.46. The number of nitro benzene ring substituents is 1. The molecule has 1 N–H and O–H groups in total. The second-order valence-corrected chi connectivity index (χ2v) is 9.81. The van der Waals surface area contributed by atoms with Gasteiger partial charge in [0.2, 0.25) is 0 Å². The summed E-state index contributed by atoms with van der Waals surface area (Å²) in [4.78, 5) is 25.3. The third-order valence-electron chi connectivity index (χ3n) is 6.64. The quantitative estimate of drug-likeness (QED) is 0.101. The van der Waals surface area contributed by atoms with Gasteiger partial charge < -0.3 is 10.1 Å². The summed E-state index contributed by atoms with van der Waals surface area (Å²) in [7, 11) is 1.31. The number of nitrogens with zero attached hydrogens (tertiary/aromatic N) is 1. The summed E-state index contributed by atoms with van der Waals surface area (Å²) in [5.41, 5.74) is 1.54. The standard InChI is InChI=1S/C30H26Cl2N2O4/c1-20(21-6-4-3-5-7-21)19-33-27-18-24(12-17-28(27)34(36)37)30(29(35)38-2,22-8-13-25(31)14-9-22)23-10-15-26(32)16-11-23/h3-18,20,33H,19H2,1-2H3. The fourth-order valence-corrected chi connectivity index (χ4v) is 4.89. The maximum Gasteiger partial charge on any atom is 0.325 e. The van der Waals surface area contributed by atoms with Crippen molar-refractivity contribution in [3.63, 3.8) is 0 Å². The van der Waals surface area contributed by atoms with Crippen molar-refractivity contribution in [1.29, 1.82) is 0 Å². The molecule has 0 aromatic heterocycles. The first-order valence-electron chi connectivity index (χ1n) is 12.0. The van der Waals surface area contributed by atoms with Gasteiger partial charge in [-0.2, -0.15) is 0 Å². The van der Waals surface area contributed by atoms with Crippen LogP contribution in [0.2, 0.25) is 10.0 Å². The van der Waals surface area contributed by atoms with Crippen LogP contribution in [0.1, 0.15) is 35.1 Å². The molecule has 194 valence electrons. The smallest absolute Gasteiger partial charge is 0.325 e. The van der Waals surface area contributed by atoms with Crippen LogP contribution in [0.25, 0.3) is 0 Å². The largest absolute Gasteiger partial charge is 0.468 e. The van der Waals surface area contributed by atoms with Crippen LogP contribution >= 0.6 is 23.2 Å². The summed E-state index contributed by atoms with van der Waals surface area (Å²) in [5, 5.41) is 16.2. The highest BCUT2D eigenvalue weighted by molar-refractivity contribution is 6.30. The van der Waals surface area contributed by atoms with E-state index in [4.69, 9.17) is 27.9 Å². The molecule has 0 aliphatic heterocycles. The number of rotatable bonds is 9. The van der Waals surface area contributed by atoms with Crippen LogP contribution in [0.4, 0.5) is 11.4 Å². The molecular formula is C30H26Cl2N2O4. The highest BCUT2D eigenvalue weighted by atomic mass is 35.5. The number of methoxy groups -OCH3 is 1. The number of hydrogen-bond donors (Lipinski definition) is 1. The molecule has 6 nitrogen and oxygen atoms in total. The second kappa shape index (κ2) is 11.7. The van der Waals surface area contributed by atoms with Crippen LogP contribution in [0.5, 0.6) is 0 Å². The summed E-state index contributed by atoms with van der Waals surface area (Å²) in [6, 6.07) is 28.3. The van der Waals surface area contributed by atoms with Gasteiger partial charge in [-0.3, -0.25) is 14.9 Å². The first-order valence-corrected chi connectivity index (χ1v) is 12.7. The average molecular weight is 549 g/mol. The van der Waals surface area contributed by atoms with Crippen LogP contribution in [-0.2, 0) is 14.9 Å². The van der Waals surface area contributed by atoms with Gasteiger partial charge in [-0.15, -0.1) is 0 Å². The van der Waals surface area contributed by atoms with Gasteiger partial charge in [-0.05, 0) is 58.5 Å². The number of halogens is 2. The van der Waals surface area contributed by atoms with E-state index < -0.39 is 16.3 Å². The lowest BCUT2D eigenvalue weighted by molar-refractivity contribution is -0.384. The van der Waals surface area contributed by atoms with Crippen molar-refractivity contribution in [2.75, 3.05) is 19.0 Å². The maximum absolute atomic E-state index is 13.7. The van der Waals surface area contributed by atoms with E-state index in [-0.39, 0.29) is 11.6 Å². The van der Waals surface area contributed by atoms with Crippen molar-refractivity contribution in [1.82, 2.24) is 0 Å². The van der Waals surface area contributed by atoms with Crippen LogP contribution in [0.15, 0.2) is 97.1 Å². The average Bonchev–Trinajstić information content (AvgIpc) is 2.94. The number of anilines is 1.